The molecule has 0 spiro atoms. The Labute approximate surface area is 155 Å². The first-order chi connectivity index (χ1) is 12.2. The third-order valence-corrected chi connectivity index (χ3v) is 6.46. The van der Waals surface area contributed by atoms with Gasteiger partial charge in [-0.05, 0) is 44.8 Å². The summed E-state index contributed by atoms with van der Waals surface area (Å²) in [7, 11) is 0. The molecular weight excluding hydrogens is 334 g/mol. The van der Waals surface area contributed by atoms with Crippen molar-refractivity contribution in [3.05, 3.63) is 35.0 Å². The van der Waals surface area contributed by atoms with Crippen molar-refractivity contribution in [1.29, 1.82) is 0 Å². The summed E-state index contributed by atoms with van der Waals surface area (Å²) in [6.07, 6.45) is 2.55. The highest BCUT2D eigenvalue weighted by molar-refractivity contribution is 6.36. The summed E-state index contributed by atoms with van der Waals surface area (Å²) in [6.45, 7) is 9.60. The smallest absolute Gasteiger partial charge is 0.0705 e. The second-order valence-electron chi connectivity index (χ2n) is 7.47. The number of H-pyrrole nitrogens is 1. The van der Waals surface area contributed by atoms with E-state index in [1.165, 1.54) is 12.8 Å². The van der Waals surface area contributed by atoms with Crippen LogP contribution in [-0.2, 0) is 11.3 Å². The molecule has 1 unspecified atom stereocenters. The van der Waals surface area contributed by atoms with Gasteiger partial charge in [-0.1, -0.05) is 29.8 Å². The van der Waals surface area contributed by atoms with E-state index >= 15 is 0 Å². The summed E-state index contributed by atoms with van der Waals surface area (Å²) >= 11 is 6.58. The molecular formula is C20H28ClN3O. The van der Waals surface area contributed by atoms with Gasteiger partial charge in [0.05, 0.1) is 18.2 Å². The maximum absolute atomic E-state index is 6.58. The number of hydrogen-bond acceptors (Lipinski definition) is 3. The molecule has 1 N–H and O–H groups in total. The molecule has 3 heterocycles. The number of morpholine rings is 1. The van der Waals surface area contributed by atoms with Gasteiger partial charge in [-0.25, -0.2) is 0 Å². The van der Waals surface area contributed by atoms with Crippen LogP contribution in [0.15, 0.2) is 24.3 Å². The summed E-state index contributed by atoms with van der Waals surface area (Å²) < 4.78 is 5.49. The SMILES string of the molecule is CC(C1CCN(Cc2[nH]c3ccccc3c2Cl)CC1)N1CCOCC1. The van der Waals surface area contributed by atoms with Crippen LogP contribution in [0.4, 0.5) is 0 Å². The zero-order valence-corrected chi connectivity index (χ0v) is 15.8. The van der Waals surface area contributed by atoms with E-state index < -0.39 is 0 Å². The molecule has 2 saturated heterocycles. The minimum atomic E-state index is 0.669. The minimum absolute atomic E-state index is 0.669. The van der Waals surface area contributed by atoms with Gasteiger partial charge in [0.25, 0.3) is 0 Å². The van der Waals surface area contributed by atoms with Crippen LogP contribution in [0.1, 0.15) is 25.5 Å². The summed E-state index contributed by atoms with van der Waals surface area (Å²) in [5, 5.41) is 2.02. The van der Waals surface area contributed by atoms with Gasteiger partial charge in [-0.2, -0.15) is 0 Å². The lowest BCUT2D eigenvalue weighted by molar-refractivity contribution is -0.00197. The van der Waals surface area contributed by atoms with Gasteiger partial charge in [0.1, 0.15) is 0 Å². The number of aromatic amines is 1. The van der Waals surface area contributed by atoms with Crippen molar-refractivity contribution in [2.75, 3.05) is 39.4 Å². The van der Waals surface area contributed by atoms with Crippen LogP contribution in [0.3, 0.4) is 0 Å². The lowest BCUT2D eigenvalue weighted by Gasteiger charge is -2.41. The fourth-order valence-corrected chi connectivity index (χ4v) is 4.64. The summed E-state index contributed by atoms with van der Waals surface area (Å²) in [5.41, 5.74) is 2.29. The Morgan fingerprint density at radius 3 is 2.60 bits per heavy atom. The third kappa shape index (κ3) is 3.72. The number of hydrogen-bond donors (Lipinski definition) is 1. The fourth-order valence-electron chi connectivity index (χ4n) is 4.37. The maximum Gasteiger partial charge on any atom is 0.0705 e. The molecule has 1 aromatic carbocycles. The van der Waals surface area contributed by atoms with Crippen LogP contribution in [0.25, 0.3) is 10.9 Å². The van der Waals surface area contributed by atoms with Crippen molar-refractivity contribution >= 4 is 22.5 Å². The predicted octanol–water partition coefficient (Wildman–Crippen LogP) is 3.75. The van der Waals surface area contributed by atoms with Gasteiger partial charge < -0.3 is 9.72 Å². The zero-order valence-electron chi connectivity index (χ0n) is 15.0. The molecule has 0 amide bonds. The van der Waals surface area contributed by atoms with Crippen molar-refractivity contribution in [3.8, 4) is 0 Å². The predicted molar refractivity (Wildman–Crippen MR) is 103 cm³/mol. The third-order valence-electron chi connectivity index (χ3n) is 6.03. The van der Waals surface area contributed by atoms with Crippen molar-refractivity contribution in [1.82, 2.24) is 14.8 Å². The van der Waals surface area contributed by atoms with E-state index in [-0.39, 0.29) is 0 Å². The number of aromatic nitrogens is 1. The molecule has 2 aliphatic rings. The Bertz CT molecular complexity index is 702. The molecule has 0 bridgehead atoms. The van der Waals surface area contributed by atoms with Crippen LogP contribution in [0, 0.1) is 5.92 Å². The number of nitrogens with one attached hydrogen (secondary N) is 1. The van der Waals surface area contributed by atoms with Crippen molar-refractivity contribution < 1.29 is 4.74 Å². The quantitative estimate of drug-likeness (QED) is 0.899. The van der Waals surface area contributed by atoms with E-state index in [4.69, 9.17) is 16.3 Å². The first kappa shape index (κ1) is 17.3. The average molecular weight is 362 g/mol. The Morgan fingerprint density at radius 1 is 1.16 bits per heavy atom. The molecule has 25 heavy (non-hydrogen) atoms. The molecule has 1 atom stereocenters. The van der Waals surface area contributed by atoms with Crippen molar-refractivity contribution in [2.24, 2.45) is 5.92 Å². The van der Waals surface area contributed by atoms with Crippen LogP contribution >= 0.6 is 11.6 Å². The topological polar surface area (TPSA) is 31.5 Å². The van der Waals surface area contributed by atoms with Gasteiger partial charge >= 0.3 is 0 Å². The van der Waals surface area contributed by atoms with E-state index in [0.717, 1.165) is 73.5 Å². The van der Waals surface area contributed by atoms with Gasteiger partial charge in [-0.3, -0.25) is 9.80 Å². The average Bonchev–Trinajstić information content (AvgIpc) is 2.98. The molecule has 4 rings (SSSR count). The van der Waals surface area contributed by atoms with E-state index in [1.807, 2.05) is 6.07 Å². The lowest BCUT2D eigenvalue weighted by atomic mass is 9.89. The molecule has 136 valence electrons. The maximum atomic E-state index is 6.58. The monoisotopic (exact) mass is 361 g/mol. The standard InChI is InChI=1S/C20H28ClN3O/c1-15(24-10-12-25-13-11-24)16-6-8-23(9-7-16)14-19-20(21)17-4-2-3-5-18(17)22-19/h2-5,15-16,22H,6-14H2,1H3. The minimum Gasteiger partial charge on any atom is -0.379 e. The zero-order chi connectivity index (χ0) is 17.2. The molecule has 2 aliphatic heterocycles. The molecule has 2 aromatic rings. The number of ether oxygens (including phenoxy) is 1. The van der Waals surface area contributed by atoms with E-state index in [0.29, 0.717) is 6.04 Å². The fraction of sp³-hybridized carbons (Fsp3) is 0.600. The first-order valence-corrected chi connectivity index (χ1v) is 9.89. The molecule has 0 aliphatic carbocycles. The molecule has 5 heteroatoms. The number of para-hydroxylation sites is 1. The first-order valence-electron chi connectivity index (χ1n) is 9.51. The Kier molecular flexibility index (Phi) is 5.32. The van der Waals surface area contributed by atoms with E-state index in [1.54, 1.807) is 0 Å². The molecule has 0 saturated carbocycles. The van der Waals surface area contributed by atoms with Gasteiger partial charge in [0, 0.05) is 42.3 Å². The van der Waals surface area contributed by atoms with Gasteiger partial charge in [0.2, 0.25) is 0 Å². The van der Waals surface area contributed by atoms with Gasteiger partial charge in [-0.15, -0.1) is 0 Å². The van der Waals surface area contributed by atoms with Gasteiger partial charge in [0.15, 0.2) is 0 Å². The Balaban J connectivity index is 1.34. The number of rotatable bonds is 4. The number of piperidine rings is 1. The number of fused-ring (bicyclic) bond motifs is 1. The second-order valence-corrected chi connectivity index (χ2v) is 7.84. The Morgan fingerprint density at radius 2 is 1.88 bits per heavy atom. The van der Waals surface area contributed by atoms with Crippen LogP contribution < -0.4 is 0 Å². The summed E-state index contributed by atoms with van der Waals surface area (Å²) in [6, 6.07) is 8.96. The lowest BCUT2D eigenvalue weighted by Crippen LogP contribution is -2.48. The highest BCUT2D eigenvalue weighted by Crippen LogP contribution is 2.30. The van der Waals surface area contributed by atoms with E-state index in [2.05, 4.69) is 39.9 Å². The Hall–Kier alpha value is -1.07. The largest absolute Gasteiger partial charge is 0.379 e. The summed E-state index contributed by atoms with van der Waals surface area (Å²) in [5.74, 6) is 0.799. The van der Waals surface area contributed by atoms with Crippen molar-refractivity contribution in [3.63, 3.8) is 0 Å². The number of likely N-dealkylation sites (tertiary alicyclic amines) is 1. The molecule has 4 nitrogen and oxygen atoms in total. The van der Waals surface area contributed by atoms with Crippen molar-refractivity contribution in [2.45, 2.75) is 32.4 Å². The normalized spacial score (nSPS) is 22.5. The molecule has 1 aromatic heterocycles. The number of halogens is 1. The highest BCUT2D eigenvalue weighted by atomic mass is 35.5. The summed E-state index contributed by atoms with van der Waals surface area (Å²) in [4.78, 5) is 8.65. The highest BCUT2D eigenvalue weighted by Gasteiger charge is 2.28. The number of nitrogens with zero attached hydrogens (tertiary/aromatic N) is 2. The van der Waals surface area contributed by atoms with E-state index in [9.17, 15) is 0 Å². The molecule has 2 fully saturated rings. The second kappa shape index (κ2) is 7.67. The van der Waals surface area contributed by atoms with Crippen LogP contribution in [0.2, 0.25) is 5.02 Å². The number of benzene rings is 1. The van der Waals surface area contributed by atoms with Crippen LogP contribution in [-0.4, -0.2) is 60.2 Å². The molecule has 0 radical (unpaired) electrons. The van der Waals surface area contributed by atoms with Crippen LogP contribution in [0.5, 0.6) is 0 Å².